The lowest BCUT2D eigenvalue weighted by Crippen LogP contribution is -2.31. The summed E-state index contributed by atoms with van der Waals surface area (Å²) in [5.74, 6) is 0.763. The maximum Gasteiger partial charge on any atom is 0.330 e. The molecule has 0 aliphatic carbocycles. The molecule has 0 unspecified atom stereocenters. The van der Waals surface area contributed by atoms with Gasteiger partial charge in [0.2, 0.25) is 0 Å². The van der Waals surface area contributed by atoms with E-state index in [1.165, 1.54) is 4.88 Å². The van der Waals surface area contributed by atoms with E-state index in [1.54, 1.807) is 20.5 Å². The number of fused-ring (bicyclic) bond motifs is 1. The van der Waals surface area contributed by atoms with Crippen molar-refractivity contribution in [1.82, 2.24) is 24.0 Å². The minimum atomic E-state index is -0.391. The Labute approximate surface area is 163 Å². The maximum absolute atomic E-state index is 12.3. The Balaban J connectivity index is 1.93. The number of rotatable bonds is 7. The van der Waals surface area contributed by atoms with Gasteiger partial charge in [-0.05, 0) is 41.5 Å². The molecule has 3 heterocycles. The number of H-pyrrole nitrogens is 1. The van der Waals surface area contributed by atoms with Gasteiger partial charge in [-0.15, -0.1) is 11.3 Å². The van der Waals surface area contributed by atoms with E-state index in [-0.39, 0.29) is 5.56 Å². The molecule has 0 spiro atoms. The highest BCUT2D eigenvalue weighted by Gasteiger charge is 2.17. The van der Waals surface area contributed by atoms with Gasteiger partial charge in [0.15, 0.2) is 11.2 Å². The van der Waals surface area contributed by atoms with E-state index < -0.39 is 5.69 Å². The molecular weight excluding hydrogens is 418 g/mol. The number of unbranched alkanes of at least 4 members (excludes halogenated alkanes) is 1. The zero-order chi connectivity index (χ0) is 18.8. The second-order valence-corrected chi connectivity index (χ2v) is 8.95. The van der Waals surface area contributed by atoms with Gasteiger partial charge in [0.25, 0.3) is 5.56 Å². The van der Waals surface area contributed by atoms with Crippen molar-refractivity contribution < 1.29 is 0 Å². The standard InChI is InChI=1S/C17H22BrN5O2S/c1-4-5-8-23-15-14(16(24)20-17(23)25)22(3)13(19-15)10-21(2)9-11-6-7-12(18)26-11/h6-7H,4-5,8-10H2,1-3H3,(H,20,24,25). The Morgan fingerprint density at radius 3 is 2.73 bits per heavy atom. The fourth-order valence-corrected chi connectivity index (χ4v) is 4.52. The molecule has 0 fully saturated rings. The summed E-state index contributed by atoms with van der Waals surface area (Å²) < 4.78 is 4.46. The van der Waals surface area contributed by atoms with Crippen LogP contribution in [0.5, 0.6) is 0 Å². The minimum absolute atomic E-state index is 0.385. The van der Waals surface area contributed by atoms with Crippen LogP contribution in [0.3, 0.4) is 0 Å². The molecule has 0 aromatic carbocycles. The highest BCUT2D eigenvalue weighted by atomic mass is 79.9. The van der Waals surface area contributed by atoms with Crippen LogP contribution in [0.15, 0.2) is 25.5 Å². The van der Waals surface area contributed by atoms with Crippen LogP contribution in [0, 0.1) is 0 Å². The quantitative estimate of drug-likeness (QED) is 0.613. The predicted octanol–water partition coefficient (Wildman–Crippen LogP) is 2.68. The molecule has 9 heteroatoms. The monoisotopic (exact) mass is 439 g/mol. The van der Waals surface area contributed by atoms with Crippen LogP contribution in [0.1, 0.15) is 30.5 Å². The smallest absolute Gasteiger partial charge is 0.324 e. The Morgan fingerprint density at radius 1 is 1.31 bits per heavy atom. The number of imidazole rings is 1. The second kappa shape index (κ2) is 7.89. The van der Waals surface area contributed by atoms with E-state index in [9.17, 15) is 9.59 Å². The Bertz CT molecular complexity index is 1030. The molecule has 1 N–H and O–H groups in total. The van der Waals surface area contributed by atoms with Gasteiger partial charge in [-0.25, -0.2) is 9.78 Å². The molecule has 3 rings (SSSR count). The Kier molecular flexibility index (Phi) is 5.79. The molecule has 0 aliphatic rings. The highest BCUT2D eigenvalue weighted by molar-refractivity contribution is 9.11. The first kappa shape index (κ1) is 19.1. The van der Waals surface area contributed by atoms with Gasteiger partial charge in [0, 0.05) is 25.0 Å². The molecule has 3 aromatic heterocycles. The molecule has 7 nitrogen and oxygen atoms in total. The normalized spacial score (nSPS) is 11.7. The first-order chi connectivity index (χ1) is 12.4. The van der Waals surface area contributed by atoms with Gasteiger partial charge in [0.1, 0.15) is 5.82 Å². The number of hydrogen-bond acceptors (Lipinski definition) is 5. The van der Waals surface area contributed by atoms with Crippen molar-refractivity contribution in [3.63, 3.8) is 0 Å². The van der Waals surface area contributed by atoms with E-state index in [0.29, 0.717) is 24.3 Å². The van der Waals surface area contributed by atoms with Crippen LogP contribution < -0.4 is 11.2 Å². The molecule has 140 valence electrons. The van der Waals surface area contributed by atoms with Crippen LogP contribution in [-0.4, -0.2) is 31.0 Å². The van der Waals surface area contributed by atoms with Crippen molar-refractivity contribution in [2.24, 2.45) is 7.05 Å². The summed E-state index contributed by atoms with van der Waals surface area (Å²) in [5.41, 5.74) is 0.140. The Hall–Kier alpha value is -1.71. The SMILES string of the molecule is CCCCn1c(=O)[nH]c(=O)c2c1nc(CN(C)Cc1ccc(Br)s1)n2C. The lowest BCUT2D eigenvalue weighted by atomic mass is 10.3. The van der Waals surface area contributed by atoms with E-state index in [4.69, 9.17) is 0 Å². The molecule has 0 saturated heterocycles. The van der Waals surface area contributed by atoms with Gasteiger partial charge in [-0.2, -0.15) is 0 Å². The molecule has 0 saturated carbocycles. The van der Waals surface area contributed by atoms with Gasteiger partial charge in [0.05, 0.1) is 10.3 Å². The number of halogens is 1. The minimum Gasteiger partial charge on any atom is -0.324 e. The highest BCUT2D eigenvalue weighted by Crippen LogP contribution is 2.23. The predicted molar refractivity (Wildman–Crippen MR) is 108 cm³/mol. The van der Waals surface area contributed by atoms with Gasteiger partial charge in [-0.3, -0.25) is 19.2 Å². The summed E-state index contributed by atoms with van der Waals surface area (Å²) in [7, 11) is 3.84. The number of nitrogens with zero attached hydrogens (tertiary/aromatic N) is 4. The van der Waals surface area contributed by atoms with E-state index in [1.807, 2.05) is 20.2 Å². The largest absolute Gasteiger partial charge is 0.330 e. The molecule has 0 bridgehead atoms. The first-order valence-corrected chi connectivity index (χ1v) is 10.1. The lowest BCUT2D eigenvalue weighted by Gasteiger charge is -2.15. The van der Waals surface area contributed by atoms with Crippen LogP contribution in [0.4, 0.5) is 0 Å². The topological polar surface area (TPSA) is 75.9 Å². The first-order valence-electron chi connectivity index (χ1n) is 8.52. The summed E-state index contributed by atoms with van der Waals surface area (Å²) in [4.78, 5) is 34.9. The van der Waals surface area contributed by atoms with Crippen molar-refractivity contribution in [2.75, 3.05) is 7.05 Å². The van der Waals surface area contributed by atoms with Crippen LogP contribution in [0.2, 0.25) is 0 Å². The van der Waals surface area contributed by atoms with Gasteiger partial charge < -0.3 is 4.57 Å². The molecule has 3 aromatic rings. The molecule has 0 atom stereocenters. The average molecular weight is 440 g/mol. The van der Waals surface area contributed by atoms with Crippen molar-refractivity contribution in [1.29, 1.82) is 0 Å². The van der Waals surface area contributed by atoms with E-state index in [0.717, 1.165) is 29.0 Å². The van der Waals surface area contributed by atoms with Crippen molar-refractivity contribution in [3.05, 3.63) is 47.5 Å². The molecule has 0 radical (unpaired) electrons. The van der Waals surface area contributed by atoms with E-state index >= 15 is 0 Å². The molecule has 0 amide bonds. The van der Waals surface area contributed by atoms with Gasteiger partial charge in [-0.1, -0.05) is 13.3 Å². The number of hydrogen-bond donors (Lipinski definition) is 1. The third-order valence-electron chi connectivity index (χ3n) is 4.31. The number of thiophene rings is 1. The van der Waals surface area contributed by atoms with Crippen LogP contribution >= 0.6 is 27.3 Å². The third kappa shape index (κ3) is 3.84. The number of nitrogens with one attached hydrogen (secondary N) is 1. The summed E-state index contributed by atoms with van der Waals surface area (Å²) in [6, 6.07) is 4.13. The van der Waals surface area contributed by atoms with E-state index in [2.05, 4.69) is 43.8 Å². The number of aromatic amines is 1. The zero-order valence-corrected chi connectivity index (χ0v) is 17.5. The van der Waals surface area contributed by atoms with Crippen LogP contribution in [-0.2, 0) is 26.7 Å². The zero-order valence-electron chi connectivity index (χ0n) is 15.1. The average Bonchev–Trinajstić information content (AvgIpc) is 3.11. The molecular formula is C17H22BrN5O2S. The lowest BCUT2D eigenvalue weighted by molar-refractivity contribution is 0.310. The Morgan fingerprint density at radius 2 is 2.08 bits per heavy atom. The summed E-state index contributed by atoms with van der Waals surface area (Å²) >= 11 is 5.18. The fourth-order valence-electron chi connectivity index (χ4n) is 2.96. The summed E-state index contributed by atoms with van der Waals surface area (Å²) in [6.45, 7) is 3.99. The second-order valence-electron chi connectivity index (χ2n) is 6.40. The van der Waals surface area contributed by atoms with Crippen molar-refractivity contribution >= 4 is 38.4 Å². The summed E-state index contributed by atoms with van der Waals surface area (Å²) in [6.07, 6.45) is 1.83. The number of aromatic nitrogens is 4. The fraction of sp³-hybridized carbons (Fsp3) is 0.471. The number of aryl methyl sites for hydroxylation is 2. The van der Waals surface area contributed by atoms with Crippen LogP contribution in [0.25, 0.3) is 11.2 Å². The summed E-state index contributed by atoms with van der Waals surface area (Å²) in [5, 5.41) is 0. The van der Waals surface area contributed by atoms with Crippen molar-refractivity contribution in [2.45, 2.75) is 39.4 Å². The maximum atomic E-state index is 12.3. The van der Waals surface area contributed by atoms with Crippen molar-refractivity contribution in [3.8, 4) is 0 Å². The molecule has 0 aliphatic heterocycles. The third-order valence-corrected chi connectivity index (χ3v) is 5.92. The molecule has 26 heavy (non-hydrogen) atoms. The van der Waals surface area contributed by atoms with Gasteiger partial charge >= 0.3 is 5.69 Å².